The Bertz CT molecular complexity index is 82.6. The Morgan fingerprint density at radius 3 is 2.50 bits per heavy atom. The molecule has 1 fully saturated rings. The fourth-order valence-corrected chi connectivity index (χ4v) is 1.35. The number of halogens is 1. The molecule has 0 N–H and O–H groups in total. The van der Waals surface area contributed by atoms with E-state index in [1.807, 2.05) is 0 Å². The second kappa shape index (κ2) is 2.36. The van der Waals surface area contributed by atoms with Crippen LogP contribution >= 0.6 is 15.9 Å². The molecule has 0 amide bonds. The zero-order valence-electron chi connectivity index (χ0n) is 5.23. The van der Waals surface area contributed by atoms with E-state index in [1.54, 1.807) is 0 Å². The van der Waals surface area contributed by atoms with Crippen LogP contribution in [0.2, 0.25) is 0 Å². The first-order chi connectivity index (χ1) is 3.75. The predicted octanol–water partition coefficient (Wildman–Crippen LogP) is 1.95. The van der Waals surface area contributed by atoms with Gasteiger partial charge in [-0.25, -0.2) is 0 Å². The molecule has 8 heavy (non-hydrogen) atoms. The maximum Gasteiger partial charge on any atom is 0.0963 e. The number of ether oxygens (including phenoxy) is 1. The van der Waals surface area contributed by atoms with Crippen LogP contribution < -0.4 is 0 Å². The van der Waals surface area contributed by atoms with E-state index in [2.05, 4.69) is 29.8 Å². The van der Waals surface area contributed by atoms with Crippen LogP contribution in [0.5, 0.6) is 0 Å². The van der Waals surface area contributed by atoms with E-state index in [9.17, 15) is 0 Å². The van der Waals surface area contributed by atoms with Crippen LogP contribution in [0, 0.1) is 0 Å². The molecule has 0 saturated carbocycles. The van der Waals surface area contributed by atoms with Crippen molar-refractivity contribution in [3.05, 3.63) is 0 Å². The molecule has 0 aromatic carbocycles. The Labute approximate surface area is 58.5 Å². The van der Waals surface area contributed by atoms with E-state index in [4.69, 9.17) is 4.74 Å². The van der Waals surface area contributed by atoms with Crippen molar-refractivity contribution in [1.82, 2.24) is 0 Å². The molecule has 1 heterocycles. The lowest BCUT2D eigenvalue weighted by molar-refractivity contribution is 0.367. The summed E-state index contributed by atoms with van der Waals surface area (Å²) in [6.07, 6.45) is 2.20. The summed E-state index contributed by atoms with van der Waals surface area (Å²) in [4.78, 5) is 0.535. The van der Waals surface area contributed by atoms with Crippen LogP contribution in [-0.4, -0.2) is 17.0 Å². The van der Waals surface area contributed by atoms with Gasteiger partial charge in [-0.05, 0) is 6.42 Å². The van der Waals surface area contributed by atoms with Crippen LogP contribution in [0.4, 0.5) is 0 Å². The first kappa shape index (κ1) is 6.56. The summed E-state index contributed by atoms with van der Waals surface area (Å²) in [5.74, 6) is 0. The van der Waals surface area contributed by atoms with Crippen LogP contribution in [0.25, 0.3) is 0 Å². The van der Waals surface area contributed by atoms with Crippen molar-refractivity contribution in [3.8, 4) is 0 Å². The second-order valence-corrected chi connectivity index (χ2v) is 3.67. The SMILES string of the molecule is CCC1OC1C(C)Br. The van der Waals surface area contributed by atoms with Crippen LogP contribution in [0.15, 0.2) is 0 Å². The Morgan fingerprint density at radius 2 is 2.38 bits per heavy atom. The van der Waals surface area contributed by atoms with Gasteiger partial charge in [-0.3, -0.25) is 0 Å². The van der Waals surface area contributed by atoms with Gasteiger partial charge in [0.05, 0.1) is 12.2 Å². The molecule has 0 aliphatic carbocycles. The minimum absolute atomic E-state index is 0.500. The molecule has 1 aliphatic heterocycles. The lowest BCUT2D eigenvalue weighted by atomic mass is 10.2. The minimum Gasteiger partial charge on any atom is -0.368 e. The van der Waals surface area contributed by atoms with Gasteiger partial charge in [-0.15, -0.1) is 0 Å². The standard InChI is InChI=1S/C6H11BrO/c1-3-5-6(8-5)4(2)7/h4-6H,3H2,1-2H3. The second-order valence-electron chi connectivity index (χ2n) is 2.22. The van der Waals surface area contributed by atoms with Gasteiger partial charge in [0.25, 0.3) is 0 Å². The van der Waals surface area contributed by atoms with E-state index in [1.165, 1.54) is 0 Å². The zero-order chi connectivity index (χ0) is 6.15. The highest BCUT2D eigenvalue weighted by Crippen LogP contribution is 2.31. The fraction of sp³-hybridized carbons (Fsp3) is 1.00. The largest absolute Gasteiger partial charge is 0.368 e. The molecule has 0 aromatic rings. The van der Waals surface area contributed by atoms with E-state index >= 15 is 0 Å². The van der Waals surface area contributed by atoms with Crippen molar-refractivity contribution in [2.24, 2.45) is 0 Å². The first-order valence-electron chi connectivity index (χ1n) is 3.05. The molecule has 1 nitrogen and oxygen atoms in total. The molecule has 1 aliphatic rings. The highest BCUT2D eigenvalue weighted by atomic mass is 79.9. The molecule has 3 atom stereocenters. The third kappa shape index (κ3) is 1.23. The van der Waals surface area contributed by atoms with Crippen molar-refractivity contribution in [1.29, 1.82) is 0 Å². The predicted molar refractivity (Wildman–Crippen MR) is 37.3 cm³/mol. The lowest BCUT2D eigenvalue weighted by Gasteiger charge is -1.91. The number of rotatable bonds is 2. The number of alkyl halides is 1. The Kier molecular flexibility index (Phi) is 1.93. The van der Waals surface area contributed by atoms with Gasteiger partial charge >= 0.3 is 0 Å². The Morgan fingerprint density at radius 1 is 1.75 bits per heavy atom. The first-order valence-corrected chi connectivity index (χ1v) is 3.96. The average Bonchev–Trinajstić information content (AvgIpc) is 2.42. The molecule has 0 bridgehead atoms. The van der Waals surface area contributed by atoms with Gasteiger partial charge < -0.3 is 4.74 Å². The van der Waals surface area contributed by atoms with E-state index < -0.39 is 0 Å². The molecule has 2 heteroatoms. The smallest absolute Gasteiger partial charge is 0.0963 e. The zero-order valence-corrected chi connectivity index (χ0v) is 6.81. The quantitative estimate of drug-likeness (QED) is 0.466. The monoisotopic (exact) mass is 178 g/mol. The summed E-state index contributed by atoms with van der Waals surface area (Å²) >= 11 is 3.46. The summed E-state index contributed by atoms with van der Waals surface area (Å²) in [7, 11) is 0. The summed E-state index contributed by atoms with van der Waals surface area (Å²) in [6.45, 7) is 4.28. The van der Waals surface area contributed by atoms with E-state index in [0.29, 0.717) is 17.0 Å². The van der Waals surface area contributed by atoms with Crippen molar-refractivity contribution in [2.75, 3.05) is 0 Å². The number of epoxide rings is 1. The molecule has 0 radical (unpaired) electrons. The summed E-state index contributed by atoms with van der Waals surface area (Å²) in [5, 5.41) is 0. The Hall–Kier alpha value is 0.440. The fourth-order valence-electron chi connectivity index (χ4n) is 0.889. The molecule has 0 aromatic heterocycles. The van der Waals surface area contributed by atoms with Gasteiger partial charge in [-0.1, -0.05) is 29.8 Å². The maximum absolute atomic E-state index is 5.28. The van der Waals surface area contributed by atoms with Crippen molar-refractivity contribution in [2.45, 2.75) is 37.3 Å². The molecular formula is C6H11BrO. The number of hydrogen-bond donors (Lipinski definition) is 0. The average molecular weight is 179 g/mol. The highest BCUT2D eigenvalue weighted by molar-refractivity contribution is 9.09. The summed E-state index contributed by atoms with van der Waals surface area (Å²) in [6, 6.07) is 0. The molecule has 1 rings (SSSR count). The third-order valence-electron chi connectivity index (χ3n) is 1.48. The van der Waals surface area contributed by atoms with Crippen molar-refractivity contribution >= 4 is 15.9 Å². The third-order valence-corrected chi connectivity index (χ3v) is 2.00. The summed E-state index contributed by atoms with van der Waals surface area (Å²) in [5.41, 5.74) is 0. The van der Waals surface area contributed by atoms with Gasteiger partial charge in [0.1, 0.15) is 0 Å². The highest BCUT2D eigenvalue weighted by Gasteiger charge is 2.39. The topological polar surface area (TPSA) is 12.5 Å². The molecule has 0 spiro atoms. The van der Waals surface area contributed by atoms with Crippen LogP contribution in [0.1, 0.15) is 20.3 Å². The van der Waals surface area contributed by atoms with Gasteiger partial charge in [0.15, 0.2) is 0 Å². The van der Waals surface area contributed by atoms with E-state index in [0.717, 1.165) is 6.42 Å². The van der Waals surface area contributed by atoms with Crippen molar-refractivity contribution in [3.63, 3.8) is 0 Å². The Balaban J connectivity index is 2.16. The normalized spacial score (nSPS) is 39.4. The summed E-state index contributed by atoms with van der Waals surface area (Å²) < 4.78 is 5.28. The lowest BCUT2D eigenvalue weighted by Crippen LogP contribution is -2.03. The van der Waals surface area contributed by atoms with Crippen LogP contribution in [0.3, 0.4) is 0 Å². The van der Waals surface area contributed by atoms with Gasteiger partial charge in [0.2, 0.25) is 0 Å². The molecule has 48 valence electrons. The van der Waals surface area contributed by atoms with Gasteiger partial charge in [0, 0.05) is 4.83 Å². The van der Waals surface area contributed by atoms with Gasteiger partial charge in [-0.2, -0.15) is 0 Å². The van der Waals surface area contributed by atoms with Crippen molar-refractivity contribution < 1.29 is 4.74 Å². The molecule has 3 unspecified atom stereocenters. The molecular weight excluding hydrogens is 168 g/mol. The molecule has 1 saturated heterocycles. The number of hydrogen-bond acceptors (Lipinski definition) is 1. The van der Waals surface area contributed by atoms with E-state index in [-0.39, 0.29) is 0 Å². The maximum atomic E-state index is 5.28. The minimum atomic E-state index is 0.500. The van der Waals surface area contributed by atoms with Crippen LogP contribution in [-0.2, 0) is 4.74 Å².